The molecule has 2 aromatic carbocycles. The zero-order valence-corrected chi connectivity index (χ0v) is 19.0. The van der Waals surface area contributed by atoms with Crippen molar-refractivity contribution in [3.8, 4) is 11.1 Å². The van der Waals surface area contributed by atoms with E-state index in [0.29, 0.717) is 12.5 Å². The molecule has 1 aliphatic heterocycles. The molecule has 0 radical (unpaired) electrons. The minimum absolute atomic E-state index is 0.00295. The first-order chi connectivity index (χ1) is 16.2. The predicted octanol–water partition coefficient (Wildman–Crippen LogP) is 3.93. The summed E-state index contributed by atoms with van der Waals surface area (Å²) in [6.07, 6.45) is 3.06. The summed E-state index contributed by atoms with van der Waals surface area (Å²) in [6, 6.07) is 4.04. The highest BCUT2D eigenvalue weighted by Gasteiger charge is 2.61. The van der Waals surface area contributed by atoms with Crippen molar-refractivity contribution in [1.29, 1.82) is 0 Å². The Bertz CT molecular complexity index is 1210. The van der Waals surface area contributed by atoms with Crippen LogP contribution in [0.15, 0.2) is 36.4 Å². The maximum absolute atomic E-state index is 15.5. The normalized spacial score (nSPS) is 26.3. The van der Waals surface area contributed by atoms with Crippen molar-refractivity contribution in [3.05, 3.63) is 59.4 Å². The number of carbonyl (C=O) groups excluding carboxylic acids is 1. The van der Waals surface area contributed by atoms with Crippen molar-refractivity contribution in [2.45, 2.75) is 50.2 Å². The second-order valence-corrected chi connectivity index (χ2v) is 11.1. The Labute approximate surface area is 195 Å². The average Bonchev–Trinajstić information content (AvgIpc) is 3.45. The molecule has 5 rings (SSSR count). The van der Waals surface area contributed by atoms with E-state index in [2.05, 4.69) is 4.72 Å². The maximum Gasteiger partial charge on any atom is 0.241 e. The summed E-state index contributed by atoms with van der Waals surface area (Å²) < 4.78 is 82.5. The molecular formula is C24H24F4N2O3S. The number of carbonyl (C=O) groups is 1. The number of halogens is 4. The minimum atomic E-state index is -4.20. The quantitative estimate of drug-likeness (QED) is 0.591. The van der Waals surface area contributed by atoms with Gasteiger partial charge in [0.15, 0.2) is 0 Å². The van der Waals surface area contributed by atoms with Crippen LogP contribution in [0.4, 0.5) is 17.6 Å². The number of fused-ring (bicyclic) bond motifs is 1. The molecule has 3 fully saturated rings. The monoisotopic (exact) mass is 496 g/mol. The summed E-state index contributed by atoms with van der Waals surface area (Å²) >= 11 is 0. The number of hydrogen-bond acceptors (Lipinski definition) is 3. The predicted molar refractivity (Wildman–Crippen MR) is 117 cm³/mol. The number of rotatable bonds is 7. The Hall–Kier alpha value is -2.46. The van der Waals surface area contributed by atoms with Crippen molar-refractivity contribution in [2.75, 3.05) is 6.01 Å². The van der Waals surface area contributed by atoms with Crippen molar-refractivity contribution in [3.63, 3.8) is 0 Å². The maximum atomic E-state index is 15.5. The fourth-order valence-corrected chi connectivity index (χ4v) is 6.14. The summed E-state index contributed by atoms with van der Waals surface area (Å²) in [6.45, 7) is 0. The molecule has 2 aromatic rings. The highest BCUT2D eigenvalue weighted by Crippen LogP contribution is 2.50. The molecule has 34 heavy (non-hydrogen) atoms. The van der Waals surface area contributed by atoms with Gasteiger partial charge in [0.25, 0.3) is 0 Å². The van der Waals surface area contributed by atoms with E-state index in [1.54, 1.807) is 11.0 Å². The van der Waals surface area contributed by atoms with Crippen LogP contribution in [0.1, 0.15) is 31.2 Å². The summed E-state index contributed by atoms with van der Waals surface area (Å²) in [5, 5.41) is 0. The SMILES string of the molecule is O=C(C1CCC1)N1[C@@H]2C[C@@H]2[C@@H](NS(=O)(=O)CF)[C@H]1Cc1cccc(-c2cc(F)cc(F)c2)c1F. The first-order valence-corrected chi connectivity index (χ1v) is 13.0. The van der Waals surface area contributed by atoms with Gasteiger partial charge in [0.1, 0.15) is 17.5 Å². The highest BCUT2D eigenvalue weighted by molar-refractivity contribution is 7.89. The van der Waals surface area contributed by atoms with E-state index in [-0.39, 0.29) is 46.9 Å². The van der Waals surface area contributed by atoms with Crippen molar-refractivity contribution >= 4 is 15.9 Å². The Morgan fingerprint density at radius 3 is 2.41 bits per heavy atom. The summed E-state index contributed by atoms with van der Waals surface area (Å²) in [7, 11) is -4.20. The number of amides is 1. The zero-order chi connectivity index (χ0) is 24.2. The highest BCUT2D eigenvalue weighted by atomic mass is 32.2. The molecule has 10 heteroatoms. The first-order valence-electron chi connectivity index (χ1n) is 11.3. The lowest BCUT2D eigenvalue weighted by Crippen LogP contribution is -2.53. The zero-order valence-electron chi connectivity index (χ0n) is 18.2. The molecule has 2 saturated carbocycles. The molecule has 1 saturated heterocycles. The molecule has 0 unspecified atom stereocenters. The van der Waals surface area contributed by atoms with Crippen LogP contribution >= 0.6 is 0 Å². The molecule has 1 amide bonds. The fraction of sp³-hybridized carbons (Fsp3) is 0.458. The van der Waals surface area contributed by atoms with Gasteiger partial charge in [-0.25, -0.2) is 30.7 Å². The van der Waals surface area contributed by atoms with Crippen LogP contribution in [0.25, 0.3) is 11.1 Å². The molecule has 0 spiro atoms. The summed E-state index contributed by atoms with van der Waals surface area (Å²) in [4.78, 5) is 14.9. The van der Waals surface area contributed by atoms with E-state index >= 15 is 4.39 Å². The number of piperidine rings is 1. The van der Waals surface area contributed by atoms with E-state index in [9.17, 15) is 26.4 Å². The average molecular weight is 497 g/mol. The van der Waals surface area contributed by atoms with Crippen LogP contribution in [-0.2, 0) is 21.2 Å². The van der Waals surface area contributed by atoms with Gasteiger partial charge in [0.05, 0.1) is 6.04 Å². The van der Waals surface area contributed by atoms with Crippen LogP contribution < -0.4 is 4.72 Å². The van der Waals surface area contributed by atoms with Gasteiger partial charge in [-0.3, -0.25) is 4.79 Å². The molecule has 3 aliphatic rings. The Kier molecular flexibility index (Phi) is 5.92. The number of alkyl halides is 1. The van der Waals surface area contributed by atoms with Crippen molar-refractivity contribution in [1.82, 2.24) is 9.62 Å². The fourth-order valence-electron chi connectivity index (χ4n) is 5.33. The third kappa shape index (κ3) is 4.22. The summed E-state index contributed by atoms with van der Waals surface area (Å²) in [5.74, 6) is -2.74. The number of sulfonamides is 1. The van der Waals surface area contributed by atoms with Crippen LogP contribution in [-0.4, -0.2) is 43.4 Å². The molecule has 4 atom stereocenters. The van der Waals surface area contributed by atoms with Gasteiger partial charge in [-0.05, 0) is 54.9 Å². The smallest absolute Gasteiger partial charge is 0.241 e. The Balaban J connectivity index is 1.49. The topological polar surface area (TPSA) is 66.5 Å². The van der Waals surface area contributed by atoms with Gasteiger partial charge >= 0.3 is 0 Å². The van der Waals surface area contributed by atoms with Crippen LogP contribution in [0.3, 0.4) is 0 Å². The van der Waals surface area contributed by atoms with Gasteiger partial charge in [-0.2, -0.15) is 0 Å². The third-order valence-corrected chi connectivity index (χ3v) is 8.16. The number of likely N-dealkylation sites (tertiary alicyclic amines) is 1. The van der Waals surface area contributed by atoms with Crippen molar-refractivity contribution in [2.24, 2.45) is 11.8 Å². The van der Waals surface area contributed by atoms with Crippen LogP contribution in [0.5, 0.6) is 0 Å². The largest absolute Gasteiger partial charge is 0.334 e. The number of benzene rings is 2. The van der Waals surface area contributed by atoms with Gasteiger partial charge < -0.3 is 4.90 Å². The Morgan fingerprint density at radius 1 is 1.09 bits per heavy atom. The van der Waals surface area contributed by atoms with Crippen LogP contribution in [0, 0.1) is 29.3 Å². The van der Waals surface area contributed by atoms with Crippen LogP contribution in [0.2, 0.25) is 0 Å². The van der Waals surface area contributed by atoms with Gasteiger partial charge in [-0.1, -0.05) is 24.6 Å². The molecule has 182 valence electrons. The minimum Gasteiger partial charge on any atom is -0.334 e. The first kappa shape index (κ1) is 23.3. The molecule has 0 bridgehead atoms. The van der Waals surface area contributed by atoms with E-state index in [4.69, 9.17) is 0 Å². The van der Waals surface area contributed by atoms with Gasteiger partial charge in [0.2, 0.25) is 21.9 Å². The molecule has 5 nitrogen and oxygen atoms in total. The standard InChI is InChI=1S/C24H24F4N2O3S/c25-12-34(32,33)29-23-19-11-20(19)30(24(31)13-3-1-4-13)21(23)9-14-5-2-6-18(22(14)28)15-7-16(26)10-17(27)8-15/h2,5-8,10,13,19-21,23,29H,1,3-4,9,11-12H2/t19-,20+,21+,23+/m0/s1. The van der Waals surface area contributed by atoms with Crippen molar-refractivity contribution < 1.29 is 30.8 Å². The van der Waals surface area contributed by atoms with E-state index in [0.717, 1.165) is 31.4 Å². The number of nitrogens with zero attached hydrogens (tertiary/aromatic N) is 1. The van der Waals surface area contributed by atoms with E-state index in [1.807, 2.05) is 0 Å². The number of hydrogen-bond donors (Lipinski definition) is 1. The molecular weight excluding hydrogens is 472 g/mol. The molecule has 2 aliphatic carbocycles. The lowest BCUT2D eigenvalue weighted by molar-refractivity contribution is -0.140. The van der Waals surface area contributed by atoms with Gasteiger partial charge in [0, 0.05) is 29.6 Å². The van der Waals surface area contributed by atoms with E-state index in [1.165, 1.54) is 12.1 Å². The van der Waals surface area contributed by atoms with Gasteiger partial charge in [-0.15, -0.1) is 0 Å². The lowest BCUT2D eigenvalue weighted by Gasteiger charge is -2.37. The lowest BCUT2D eigenvalue weighted by atomic mass is 9.83. The summed E-state index contributed by atoms with van der Waals surface area (Å²) in [5.41, 5.74) is 0.212. The molecule has 1 heterocycles. The Morgan fingerprint density at radius 2 is 1.79 bits per heavy atom. The third-order valence-electron chi connectivity index (χ3n) is 7.24. The second-order valence-electron chi connectivity index (χ2n) is 9.42. The van der Waals surface area contributed by atoms with E-state index < -0.39 is 45.6 Å². The molecule has 0 aromatic heterocycles. The number of nitrogens with one attached hydrogen (secondary N) is 1. The molecule has 1 N–H and O–H groups in total. The second kappa shape index (κ2) is 8.64.